The lowest BCUT2D eigenvalue weighted by molar-refractivity contribution is -0.133. The average molecular weight is 385 g/mol. The van der Waals surface area contributed by atoms with Gasteiger partial charge in [-0.2, -0.15) is 11.8 Å². The predicted octanol–water partition coefficient (Wildman–Crippen LogP) is 2.97. The maximum atomic E-state index is 13.1. The Morgan fingerprint density at radius 3 is 2.78 bits per heavy atom. The first-order chi connectivity index (χ1) is 13.2. The molecule has 0 aliphatic heterocycles. The van der Waals surface area contributed by atoms with Crippen LogP contribution < -0.4 is 0 Å². The quantitative estimate of drug-likeness (QED) is 0.568. The van der Waals surface area contributed by atoms with Crippen LogP contribution in [0, 0.1) is 0 Å². The van der Waals surface area contributed by atoms with Gasteiger partial charge in [-0.15, -0.1) is 0 Å². The predicted molar refractivity (Wildman–Crippen MR) is 108 cm³/mol. The minimum atomic E-state index is 0.0307. The van der Waals surface area contributed by atoms with Crippen LogP contribution in [-0.4, -0.2) is 51.9 Å². The number of carbonyl (C=O) groups excluding carboxylic acids is 1. The van der Waals surface area contributed by atoms with E-state index in [9.17, 15) is 4.79 Å². The SMILES string of the molecule is COCCN(Cc1ccccn1)C(=O)Cn1c(CSC)nc2ccccc21. The fourth-order valence-corrected chi connectivity index (χ4v) is 3.44. The largest absolute Gasteiger partial charge is 0.383 e. The lowest BCUT2D eigenvalue weighted by Crippen LogP contribution is -2.36. The monoisotopic (exact) mass is 384 g/mol. The lowest BCUT2D eigenvalue weighted by atomic mass is 10.3. The molecule has 0 saturated carbocycles. The second-order valence-electron chi connectivity index (χ2n) is 6.17. The summed E-state index contributed by atoms with van der Waals surface area (Å²) in [6.45, 7) is 1.73. The number of thioether (sulfide) groups is 1. The Labute approximate surface area is 163 Å². The third-order valence-electron chi connectivity index (χ3n) is 4.30. The Morgan fingerprint density at radius 1 is 1.22 bits per heavy atom. The van der Waals surface area contributed by atoms with Gasteiger partial charge < -0.3 is 14.2 Å². The number of pyridine rings is 1. The Balaban J connectivity index is 1.84. The second-order valence-corrected chi connectivity index (χ2v) is 7.03. The minimum Gasteiger partial charge on any atom is -0.383 e. The maximum Gasteiger partial charge on any atom is 0.243 e. The molecular weight excluding hydrogens is 360 g/mol. The summed E-state index contributed by atoms with van der Waals surface area (Å²) in [4.78, 5) is 23.9. The zero-order valence-corrected chi connectivity index (χ0v) is 16.5. The molecule has 27 heavy (non-hydrogen) atoms. The summed E-state index contributed by atoms with van der Waals surface area (Å²) in [5.41, 5.74) is 2.77. The fraction of sp³-hybridized carbons (Fsp3) is 0.350. The van der Waals surface area contributed by atoms with E-state index in [4.69, 9.17) is 9.72 Å². The molecule has 0 unspecified atom stereocenters. The molecular formula is C20H24N4O2S. The molecule has 2 heterocycles. The van der Waals surface area contributed by atoms with E-state index in [0.717, 1.165) is 28.3 Å². The van der Waals surface area contributed by atoms with Crippen molar-refractivity contribution in [3.05, 3.63) is 60.2 Å². The normalized spacial score (nSPS) is 11.0. The van der Waals surface area contributed by atoms with Crippen molar-refractivity contribution in [1.82, 2.24) is 19.4 Å². The zero-order valence-electron chi connectivity index (χ0n) is 15.7. The summed E-state index contributed by atoms with van der Waals surface area (Å²) in [5, 5.41) is 0. The number of carbonyl (C=O) groups is 1. The van der Waals surface area contributed by atoms with E-state index in [2.05, 4.69) is 4.98 Å². The van der Waals surface area contributed by atoms with E-state index in [1.807, 2.05) is 53.3 Å². The van der Waals surface area contributed by atoms with Crippen LogP contribution in [-0.2, 0) is 28.4 Å². The summed E-state index contributed by atoms with van der Waals surface area (Å²) in [7, 11) is 1.64. The van der Waals surface area contributed by atoms with Gasteiger partial charge in [0.2, 0.25) is 5.91 Å². The van der Waals surface area contributed by atoms with E-state index in [1.165, 1.54) is 0 Å². The molecule has 0 saturated heterocycles. The van der Waals surface area contributed by atoms with Gasteiger partial charge in [0.1, 0.15) is 12.4 Å². The number of methoxy groups -OCH3 is 1. The van der Waals surface area contributed by atoms with E-state index in [-0.39, 0.29) is 12.5 Å². The Bertz CT molecular complexity index is 882. The van der Waals surface area contributed by atoms with Gasteiger partial charge in [0.15, 0.2) is 0 Å². The van der Waals surface area contributed by atoms with Gasteiger partial charge in [-0.25, -0.2) is 4.98 Å². The molecule has 3 aromatic rings. The van der Waals surface area contributed by atoms with E-state index >= 15 is 0 Å². The summed E-state index contributed by atoms with van der Waals surface area (Å²) in [6, 6.07) is 13.7. The Kier molecular flexibility index (Phi) is 6.84. The first kappa shape index (κ1) is 19.4. The molecule has 0 N–H and O–H groups in total. The van der Waals surface area contributed by atoms with Crippen molar-refractivity contribution in [1.29, 1.82) is 0 Å². The highest BCUT2D eigenvalue weighted by Crippen LogP contribution is 2.19. The topological polar surface area (TPSA) is 60.2 Å². The van der Waals surface area contributed by atoms with Crippen molar-refractivity contribution in [3.63, 3.8) is 0 Å². The molecule has 0 fully saturated rings. The number of hydrogen-bond acceptors (Lipinski definition) is 5. The number of amides is 1. The molecule has 2 aromatic heterocycles. The number of fused-ring (bicyclic) bond motifs is 1. The van der Waals surface area contributed by atoms with E-state index in [1.54, 1.807) is 30.0 Å². The van der Waals surface area contributed by atoms with Crippen LogP contribution in [0.15, 0.2) is 48.7 Å². The van der Waals surface area contributed by atoms with E-state index < -0.39 is 0 Å². The minimum absolute atomic E-state index is 0.0307. The molecule has 7 heteroatoms. The van der Waals surface area contributed by atoms with Crippen molar-refractivity contribution in [2.45, 2.75) is 18.8 Å². The molecule has 0 bridgehead atoms. The number of benzene rings is 1. The van der Waals surface area contributed by atoms with Crippen molar-refractivity contribution in [2.24, 2.45) is 0 Å². The molecule has 0 aliphatic carbocycles. The molecule has 142 valence electrons. The zero-order chi connectivity index (χ0) is 19.1. The van der Waals surface area contributed by atoms with Gasteiger partial charge in [-0.05, 0) is 30.5 Å². The van der Waals surface area contributed by atoms with Crippen LogP contribution >= 0.6 is 11.8 Å². The third kappa shape index (κ3) is 4.87. The van der Waals surface area contributed by atoms with Crippen LogP contribution in [0.3, 0.4) is 0 Å². The van der Waals surface area contributed by atoms with Crippen molar-refractivity contribution in [3.8, 4) is 0 Å². The number of aromatic nitrogens is 3. The molecule has 3 rings (SSSR count). The number of ether oxygens (including phenoxy) is 1. The van der Waals surface area contributed by atoms with Crippen LogP contribution in [0.2, 0.25) is 0 Å². The molecule has 6 nitrogen and oxygen atoms in total. The summed E-state index contributed by atoms with van der Waals surface area (Å²) < 4.78 is 7.21. The van der Waals surface area contributed by atoms with Gasteiger partial charge in [0, 0.05) is 19.9 Å². The van der Waals surface area contributed by atoms with Crippen molar-refractivity contribution < 1.29 is 9.53 Å². The van der Waals surface area contributed by atoms with E-state index in [0.29, 0.717) is 19.7 Å². The number of imidazole rings is 1. The van der Waals surface area contributed by atoms with Gasteiger partial charge in [-0.1, -0.05) is 18.2 Å². The standard InChI is InChI=1S/C20H24N4O2S/c1-26-12-11-23(13-16-7-5-6-10-21-16)20(25)14-24-18-9-4-3-8-17(18)22-19(24)15-27-2/h3-10H,11-15H2,1-2H3. The van der Waals surface area contributed by atoms with Crippen molar-refractivity contribution >= 4 is 28.7 Å². The second kappa shape index (κ2) is 9.53. The van der Waals surface area contributed by atoms with Crippen LogP contribution in [0.25, 0.3) is 11.0 Å². The van der Waals surface area contributed by atoms with Gasteiger partial charge in [-0.3, -0.25) is 9.78 Å². The summed E-state index contributed by atoms with van der Waals surface area (Å²) >= 11 is 1.70. The fourth-order valence-electron chi connectivity index (χ4n) is 2.96. The summed E-state index contributed by atoms with van der Waals surface area (Å²) in [5.74, 6) is 1.71. The molecule has 0 aliphatic rings. The highest BCUT2D eigenvalue weighted by Gasteiger charge is 2.18. The van der Waals surface area contributed by atoms with Crippen LogP contribution in [0.5, 0.6) is 0 Å². The molecule has 0 radical (unpaired) electrons. The lowest BCUT2D eigenvalue weighted by Gasteiger charge is -2.23. The molecule has 1 aromatic carbocycles. The molecule has 0 spiro atoms. The van der Waals surface area contributed by atoms with Crippen LogP contribution in [0.1, 0.15) is 11.5 Å². The van der Waals surface area contributed by atoms with Gasteiger partial charge >= 0.3 is 0 Å². The summed E-state index contributed by atoms with van der Waals surface area (Å²) in [6.07, 6.45) is 3.78. The molecule has 0 atom stereocenters. The molecule has 1 amide bonds. The van der Waals surface area contributed by atoms with Gasteiger partial charge in [0.05, 0.1) is 35.6 Å². The Hall–Kier alpha value is -2.38. The Morgan fingerprint density at radius 2 is 2.04 bits per heavy atom. The van der Waals surface area contributed by atoms with Crippen molar-refractivity contribution in [2.75, 3.05) is 26.5 Å². The highest BCUT2D eigenvalue weighted by molar-refractivity contribution is 7.97. The first-order valence-corrected chi connectivity index (χ1v) is 10.2. The van der Waals surface area contributed by atoms with Gasteiger partial charge in [0.25, 0.3) is 0 Å². The number of hydrogen-bond donors (Lipinski definition) is 0. The first-order valence-electron chi connectivity index (χ1n) is 8.82. The average Bonchev–Trinajstić information content (AvgIpc) is 3.03. The maximum absolute atomic E-state index is 13.1. The van der Waals surface area contributed by atoms with Crippen LogP contribution in [0.4, 0.5) is 0 Å². The third-order valence-corrected chi connectivity index (χ3v) is 4.84. The number of para-hydroxylation sites is 2. The number of nitrogens with zero attached hydrogens (tertiary/aromatic N) is 4. The smallest absolute Gasteiger partial charge is 0.243 e. The highest BCUT2D eigenvalue weighted by atomic mass is 32.2. The number of rotatable bonds is 9.